The zero-order valence-corrected chi connectivity index (χ0v) is 8.48. The highest BCUT2D eigenvalue weighted by atomic mass is 19.4. The highest BCUT2D eigenvalue weighted by molar-refractivity contribution is 4.82. The van der Waals surface area contributed by atoms with Crippen LogP contribution in [0.2, 0.25) is 0 Å². The third-order valence-electron chi connectivity index (χ3n) is 2.60. The number of alkyl halides is 3. The lowest BCUT2D eigenvalue weighted by Gasteiger charge is -2.32. The first-order valence-electron chi connectivity index (χ1n) is 5.13. The van der Waals surface area contributed by atoms with Crippen LogP contribution in [0.3, 0.4) is 0 Å². The van der Waals surface area contributed by atoms with E-state index in [1.165, 1.54) is 4.90 Å². The Hall–Kier alpha value is -0.250. The average Bonchev–Trinajstić information content (AvgIpc) is 2.06. The Morgan fingerprint density at radius 2 is 1.86 bits per heavy atom. The van der Waals surface area contributed by atoms with Gasteiger partial charge in [0.15, 0.2) is 0 Å². The van der Waals surface area contributed by atoms with Crippen molar-refractivity contribution in [3.05, 3.63) is 6.42 Å². The summed E-state index contributed by atoms with van der Waals surface area (Å²) in [6.45, 7) is 2.50. The van der Waals surface area contributed by atoms with Crippen LogP contribution in [-0.2, 0) is 0 Å². The molecule has 0 spiro atoms. The van der Waals surface area contributed by atoms with Crippen molar-refractivity contribution in [2.24, 2.45) is 5.92 Å². The van der Waals surface area contributed by atoms with Crippen molar-refractivity contribution < 1.29 is 13.2 Å². The molecule has 1 aliphatic heterocycles. The second kappa shape index (κ2) is 5.01. The van der Waals surface area contributed by atoms with Gasteiger partial charge in [-0.25, -0.2) is 0 Å². The summed E-state index contributed by atoms with van der Waals surface area (Å²) in [5.74, 6) is 0.532. The molecule has 0 aliphatic carbocycles. The first kappa shape index (κ1) is 11.8. The van der Waals surface area contributed by atoms with Gasteiger partial charge in [-0.15, -0.1) is 0 Å². The molecule has 0 amide bonds. The third-order valence-corrected chi connectivity index (χ3v) is 2.60. The van der Waals surface area contributed by atoms with E-state index in [1.54, 1.807) is 0 Å². The van der Waals surface area contributed by atoms with Crippen LogP contribution in [0.5, 0.6) is 0 Å². The van der Waals surface area contributed by atoms with E-state index < -0.39 is 12.7 Å². The van der Waals surface area contributed by atoms with Crippen LogP contribution in [0.1, 0.15) is 26.2 Å². The van der Waals surface area contributed by atoms with E-state index in [4.69, 9.17) is 0 Å². The minimum atomic E-state index is -4.04. The molecule has 1 heterocycles. The molecule has 1 radical (unpaired) electrons. The van der Waals surface area contributed by atoms with Crippen LogP contribution in [-0.4, -0.2) is 30.7 Å². The van der Waals surface area contributed by atoms with Gasteiger partial charge < -0.3 is 0 Å². The van der Waals surface area contributed by atoms with Crippen molar-refractivity contribution >= 4 is 0 Å². The van der Waals surface area contributed by atoms with Gasteiger partial charge in [0.2, 0.25) is 0 Å². The number of hydrogen-bond acceptors (Lipinski definition) is 1. The molecule has 14 heavy (non-hydrogen) atoms. The van der Waals surface area contributed by atoms with Gasteiger partial charge in [0, 0.05) is 0 Å². The molecule has 1 nitrogen and oxygen atoms in total. The maximum Gasteiger partial charge on any atom is 0.401 e. The van der Waals surface area contributed by atoms with Crippen LogP contribution >= 0.6 is 0 Å². The molecule has 0 atom stereocenters. The molecule has 1 aliphatic rings. The SMILES string of the molecule is CC[CH]C1CCN(CC(F)(F)F)CC1. The molecule has 4 heteroatoms. The van der Waals surface area contributed by atoms with E-state index in [0.29, 0.717) is 19.0 Å². The second-order valence-electron chi connectivity index (χ2n) is 3.87. The summed E-state index contributed by atoms with van der Waals surface area (Å²) in [5, 5.41) is 0. The van der Waals surface area contributed by atoms with E-state index in [2.05, 4.69) is 13.3 Å². The quantitative estimate of drug-likeness (QED) is 0.689. The van der Waals surface area contributed by atoms with Gasteiger partial charge in [-0.05, 0) is 38.3 Å². The monoisotopic (exact) mass is 208 g/mol. The van der Waals surface area contributed by atoms with Gasteiger partial charge in [0.1, 0.15) is 0 Å². The first-order chi connectivity index (χ1) is 6.51. The maximum absolute atomic E-state index is 12.0. The molecule has 1 rings (SSSR count). The van der Waals surface area contributed by atoms with Crippen LogP contribution in [0.4, 0.5) is 13.2 Å². The largest absolute Gasteiger partial charge is 0.401 e. The smallest absolute Gasteiger partial charge is 0.295 e. The van der Waals surface area contributed by atoms with Crippen molar-refractivity contribution in [2.75, 3.05) is 19.6 Å². The minimum Gasteiger partial charge on any atom is -0.295 e. The van der Waals surface area contributed by atoms with Crippen LogP contribution < -0.4 is 0 Å². The Labute approximate surface area is 83.3 Å². The van der Waals surface area contributed by atoms with Crippen LogP contribution in [0, 0.1) is 12.3 Å². The predicted octanol–water partition coefficient (Wildman–Crippen LogP) is 2.87. The first-order valence-corrected chi connectivity index (χ1v) is 5.13. The molecule has 0 bridgehead atoms. The standard InChI is InChI=1S/C10H17F3N/c1-2-3-9-4-6-14(7-5-9)8-10(11,12)13/h3,9H,2,4-8H2,1H3. The lowest BCUT2D eigenvalue weighted by molar-refractivity contribution is -0.148. The summed E-state index contributed by atoms with van der Waals surface area (Å²) >= 11 is 0. The maximum atomic E-state index is 12.0. The summed E-state index contributed by atoms with van der Waals surface area (Å²) in [4.78, 5) is 1.50. The van der Waals surface area contributed by atoms with Gasteiger partial charge >= 0.3 is 6.18 Å². The molecule has 0 aromatic heterocycles. The molecule has 0 aromatic carbocycles. The molecular formula is C10H17F3N. The summed E-state index contributed by atoms with van der Waals surface area (Å²) in [6.07, 6.45) is 0.948. The highest BCUT2D eigenvalue weighted by Gasteiger charge is 2.32. The second-order valence-corrected chi connectivity index (χ2v) is 3.87. The fourth-order valence-corrected chi connectivity index (χ4v) is 1.93. The van der Waals surface area contributed by atoms with Gasteiger partial charge in [0.25, 0.3) is 0 Å². The minimum absolute atomic E-state index is 0.532. The number of likely N-dealkylation sites (tertiary alicyclic amines) is 1. The van der Waals surface area contributed by atoms with E-state index in [-0.39, 0.29) is 0 Å². The fraction of sp³-hybridized carbons (Fsp3) is 0.900. The van der Waals surface area contributed by atoms with Gasteiger partial charge in [-0.3, -0.25) is 4.90 Å². The van der Waals surface area contributed by atoms with Crippen molar-refractivity contribution in [3.8, 4) is 0 Å². The van der Waals surface area contributed by atoms with E-state index in [1.807, 2.05) is 0 Å². The molecule has 0 aromatic rings. The van der Waals surface area contributed by atoms with Gasteiger partial charge in [-0.2, -0.15) is 13.2 Å². The number of nitrogens with zero attached hydrogens (tertiary/aromatic N) is 1. The lowest BCUT2D eigenvalue weighted by Crippen LogP contribution is -2.40. The molecule has 83 valence electrons. The lowest BCUT2D eigenvalue weighted by atomic mass is 9.92. The fourth-order valence-electron chi connectivity index (χ4n) is 1.93. The molecule has 0 saturated carbocycles. The van der Waals surface area contributed by atoms with E-state index in [9.17, 15) is 13.2 Å². The van der Waals surface area contributed by atoms with Crippen molar-refractivity contribution in [1.82, 2.24) is 4.90 Å². The summed E-state index contributed by atoms with van der Waals surface area (Å²) in [6, 6.07) is 0. The number of rotatable bonds is 3. The predicted molar refractivity (Wildman–Crippen MR) is 49.8 cm³/mol. The highest BCUT2D eigenvalue weighted by Crippen LogP contribution is 2.24. The number of piperidine rings is 1. The Kier molecular flexibility index (Phi) is 4.23. The molecule has 1 fully saturated rings. The summed E-state index contributed by atoms with van der Waals surface area (Å²) < 4.78 is 36.1. The Morgan fingerprint density at radius 1 is 1.29 bits per heavy atom. The van der Waals surface area contributed by atoms with Crippen molar-refractivity contribution in [3.63, 3.8) is 0 Å². The Morgan fingerprint density at radius 3 is 2.29 bits per heavy atom. The third kappa shape index (κ3) is 4.31. The number of halogens is 3. The Balaban J connectivity index is 2.22. The van der Waals surface area contributed by atoms with Crippen LogP contribution in [0.25, 0.3) is 0 Å². The van der Waals surface area contributed by atoms with E-state index in [0.717, 1.165) is 19.3 Å². The van der Waals surface area contributed by atoms with Gasteiger partial charge in [-0.1, -0.05) is 13.3 Å². The van der Waals surface area contributed by atoms with Crippen LogP contribution in [0.15, 0.2) is 0 Å². The average molecular weight is 208 g/mol. The zero-order valence-electron chi connectivity index (χ0n) is 8.48. The Bertz CT molecular complexity index is 159. The molecule has 0 unspecified atom stereocenters. The topological polar surface area (TPSA) is 3.24 Å². The van der Waals surface area contributed by atoms with Crippen molar-refractivity contribution in [2.45, 2.75) is 32.4 Å². The molecule has 1 saturated heterocycles. The van der Waals surface area contributed by atoms with Crippen molar-refractivity contribution in [1.29, 1.82) is 0 Å². The molecule has 0 N–H and O–H groups in total. The number of hydrogen-bond donors (Lipinski definition) is 0. The van der Waals surface area contributed by atoms with Gasteiger partial charge in [0.05, 0.1) is 6.54 Å². The molecular weight excluding hydrogens is 191 g/mol. The summed E-state index contributed by atoms with van der Waals surface area (Å²) in [5.41, 5.74) is 0. The summed E-state index contributed by atoms with van der Waals surface area (Å²) in [7, 11) is 0. The van der Waals surface area contributed by atoms with E-state index >= 15 is 0 Å². The normalized spacial score (nSPS) is 21.4. The zero-order chi connectivity index (χ0) is 10.6.